The molecular weight excluding hydrogens is 300 g/mol. The molecule has 120 valence electrons. The average Bonchev–Trinajstić information content (AvgIpc) is 3.07. The van der Waals surface area contributed by atoms with Gasteiger partial charge in [-0.05, 0) is 42.7 Å². The number of benzene rings is 1. The molecule has 0 aromatic heterocycles. The lowest BCUT2D eigenvalue weighted by atomic mass is 9.88. The van der Waals surface area contributed by atoms with Gasteiger partial charge in [-0.25, -0.2) is 8.42 Å². The van der Waals surface area contributed by atoms with Crippen LogP contribution in [-0.4, -0.2) is 20.6 Å². The van der Waals surface area contributed by atoms with E-state index in [0.29, 0.717) is 18.2 Å². The van der Waals surface area contributed by atoms with Gasteiger partial charge in [0.05, 0.1) is 11.9 Å². The zero-order valence-corrected chi connectivity index (χ0v) is 13.5. The molecule has 2 saturated carbocycles. The van der Waals surface area contributed by atoms with Crippen molar-refractivity contribution in [1.29, 1.82) is 0 Å². The lowest BCUT2D eigenvalue weighted by Gasteiger charge is -2.21. The molecule has 2 bridgehead atoms. The normalized spacial score (nSPS) is 26.9. The summed E-state index contributed by atoms with van der Waals surface area (Å²) in [5.41, 5.74) is 1.31. The topological polar surface area (TPSA) is 75.3 Å². The van der Waals surface area contributed by atoms with Crippen molar-refractivity contribution in [1.82, 2.24) is 5.32 Å². The van der Waals surface area contributed by atoms with Crippen LogP contribution in [0.5, 0.6) is 0 Å². The third kappa shape index (κ3) is 3.43. The lowest BCUT2D eigenvalue weighted by molar-refractivity contribution is -0.126. The Kier molecular flexibility index (Phi) is 4.12. The molecule has 2 N–H and O–H groups in total. The maximum Gasteiger partial charge on any atom is 0.229 e. The van der Waals surface area contributed by atoms with Crippen molar-refractivity contribution in [2.75, 3.05) is 11.0 Å². The summed E-state index contributed by atoms with van der Waals surface area (Å²) in [6.45, 7) is 0.353. The Morgan fingerprint density at radius 2 is 2.00 bits per heavy atom. The fraction of sp³-hybridized carbons (Fsp3) is 0.562. The maximum atomic E-state index is 12.4. The molecule has 2 fully saturated rings. The molecule has 6 heteroatoms. The average molecular weight is 322 g/mol. The minimum absolute atomic E-state index is 0.112. The zero-order chi connectivity index (χ0) is 15.7. The summed E-state index contributed by atoms with van der Waals surface area (Å²) in [5, 5.41) is 2.98. The highest BCUT2D eigenvalue weighted by Crippen LogP contribution is 2.48. The van der Waals surface area contributed by atoms with E-state index in [9.17, 15) is 13.2 Å². The first kappa shape index (κ1) is 15.3. The second-order valence-corrected chi connectivity index (χ2v) is 8.28. The van der Waals surface area contributed by atoms with Crippen LogP contribution in [0.2, 0.25) is 0 Å². The molecule has 2 aliphatic carbocycles. The van der Waals surface area contributed by atoms with Crippen LogP contribution >= 0.6 is 0 Å². The van der Waals surface area contributed by atoms with Gasteiger partial charge in [-0.15, -0.1) is 0 Å². The van der Waals surface area contributed by atoms with Gasteiger partial charge in [0, 0.05) is 12.5 Å². The molecule has 1 amide bonds. The molecule has 0 spiro atoms. The number of nitrogens with one attached hydrogen (secondary N) is 2. The Bertz CT molecular complexity index is 672. The summed E-state index contributed by atoms with van der Waals surface area (Å²) in [6.07, 6.45) is 5.78. The summed E-state index contributed by atoms with van der Waals surface area (Å²) in [4.78, 5) is 12.4. The van der Waals surface area contributed by atoms with Crippen LogP contribution in [0.4, 0.5) is 5.69 Å². The Morgan fingerprint density at radius 1 is 1.23 bits per heavy atom. The van der Waals surface area contributed by atoms with Crippen LogP contribution in [-0.2, 0) is 21.4 Å². The van der Waals surface area contributed by atoms with E-state index >= 15 is 0 Å². The van der Waals surface area contributed by atoms with Crippen molar-refractivity contribution in [2.45, 2.75) is 32.2 Å². The quantitative estimate of drug-likeness (QED) is 0.872. The smallest absolute Gasteiger partial charge is 0.229 e. The number of amides is 1. The fourth-order valence-corrected chi connectivity index (χ4v) is 4.45. The van der Waals surface area contributed by atoms with Gasteiger partial charge in [0.25, 0.3) is 0 Å². The van der Waals surface area contributed by atoms with E-state index in [0.717, 1.165) is 24.2 Å². The minimum Gasteiger partial charge on any atom is -0.352 e. The van der Waals surface area contributed by atoms with Gasteiger partial charge in [0.2, 0.25) is 15.9 Å². The molecule has 1 aromatic rings. The highest BCUT2D eigenvalue weighted by atomic mass is 32.2. The van der Waals surface area contributed by atoms with Crippen molar-refractivity contribution >= 4 is 21.6 Å². The van der Waals surface area contributed by atoms with E-state index < -0.39 is 10.0 Å². The Labute approximate surface area is 131 Å². The standard InChI is InChI=1S/C16H22N2O3S/c1-22(20,21)18-15-5-3-2-4-13(15)10-17-16(19)14-9-11-6-7-12(14)8-11/h2-5,11-12,14,18H,6-10H2,1H3,(H,17,19). The molecule has 1 aromatic carbocycles. The number of rotatable bonds is 5. The number of anilines is 1. The Hall–Kier alpha value is -1.56. The number of carbonyl (C=O) groups excluding carboxylic acids is 1. The van der Waals surface area contributed by atoms with Crippen LogP contribution in [0.3, 0.4) is 0 Å². The molecule has 2 aliphatic rings. The van der Waals surface area contributed by atoms with Crippen LogP contribution in [0.15, 0.2) is 24.3 Å². The summed E-state index contributed by atoms with van der Waals surface area (Å²) >= 11 is 0. The van der Waals surface area contributed by atoms with Gasteiger partial charge in [-0.3, -0.25) is 9.52 Å². The van der Waals surface area contributed by atoms with Crippen LogP contribution in [0.25, 0.3) is 0 Å². The number of fused-ring (bicyclic) bond motifs is 2. The first-order valence-electron chi connectivity index (χ1n) is 7.76. The summed E-state index contributed by atoms with van der Waals surface area (Å²) < 4.78 is 25.3. The summed E-state index contributed by atoms with van der Waals surface area (Å²) in [5.74, 6) is 1.55. The molecule has 3 atom stereocenters. The molecule has 3 unspecified atom stereocenters. The second kappa shape index (κ2) is 5.91. The van der Waals surface area contributed by atoms with Gasteiger partial charge in [-0.2, -0.15) is 0 Å². The molecule has 0 aliphatic heterocycles. The largest absolute Gasteiger partial charge is 0.352 e. The maximum absolute atomic E-state index is 12.4. The second-order valence-electron chi connectivity index (χ2n) is 6.53. The predicted octanol–water partition coefficient (Wildman–Crippen LogP) is 2.11. The molecule has 0 heterocycles. The number of sulfonamides is 1. The first-order chi connectivity index (χ1) is 10.4. The molecule has 0 saturated heterocycles. The van der Waals surface area contributed by atoms with Crippen LogP contribution in [0.1, 0.15) is 31.2 Å². The molecular formula is C16H22N2O3S. The van der Waals surface area contributed by atoms with E-state index in [2.05, 4.69) is 10.0 Å². The van der Waals surface area contributed by atoms with Gasteiger partial charge in [0.15, 0.2) is 0 Å². The lowest BCUT2D eigenvalue weighted by Crippen LogP contribution is -2.33. The van der Waals surface area contributed by atoms with Crippen molar-refractivity contribution in [3.63, 3.8) is 0 Å². The number of hydrogen-bond acceptors (Lipinski definition) is 3. The van der Waals surface area contributed by atoms with Gasteiger partial charge in [-0.1, -0.05) is 24.6 Å². The van der Waals surface area contributed by atoms with Gasteiger partial charge < -0.3 is 5.32 Å². The van der Waals surface area contributed by atoms with E-state index in [1.807, 2.05) is 12.1 Å². The minimum atomic E-state index is -3.32. The number of para-hydroxylation sites is 1. The van der Waals surface area contributed by atoms with Crippen molar-refractivity contribution in [3.8, 4) is 0 Å². The third-order valence-electron chi connectivity index (χ3n) is 4.84. The molecule has 0 radical (unpaired) electrons. The monoisotopic (exact) mass is 322 g/mol. The van der Waals surface area contributed by atoms with E-state index in [-0.39, 0.29) is 11.8 Å². The predicted molar refractivity (Wildman–Crippen MR) is 85.7 cm³/mol. The van der Waals surface area contributed by atoms with Crippen molar-refractivity contribution < 1.29 is 13.2 Å². The first-order valence-corrected chi connectivity index (χ1v) is 9.65. The van der Waals surface area contributed by atoms with Gasteiger partial charge >= 0.3 is 0 Å². The van der Waals surface area contributed by atoms with Crippen molar-refractivity contribution in [2.24, 2.45) is 17.8 Å². The SMILES string of the molecule is CS(=O)(=O)Nc1ccccc1CNC(=O)C1CC2CCC1C2. The van der Waals surface area contributed by atoms with E-state index in [4.69, 9.17) is 0 Å². The number of carbonyl (C=O) groups is 1. The fourth-order valence-electron chi connectivity index (χ4n) is 3.85. The highest BCUT2D eigenvalue weighted by molar-refractivity contribution is 7.92. The van der Waals surface area contributed by atoms with Crippen LogP contribution in [0, 0.1) is 17.8 Å². The van der Waals surface area contributed by atoms with Crippen molar-refractivity contribution in [3.05, 3.63) is 29.8 Å². The van der Waals surface area contributed by atoms with Gasteiger partial charge in [0.1, 0.15) is 0 Å². The van der Waals surface area contributed by atoms with Crippen LogP contribution < -0.4 is 10.0 Å². The number of hydrogen-bond donors (Lipinski definition) is 2. The molecule has 22 heavy (non-hydrogen) atoms. The zero-order valence-electron chi connectivity index (χ0n) is 12.7. The molecule has 3 rings (SSSR count). The molecule has 5 nitrogen and oxygen atoms in total. The third-order valence-corrected chi connectivity index (χ3v) is 5.43. The summed E-state index contributed by atoms with van der Waals surface area (Å²) in [7, 11) is -3.32. The summed E-state index contributed by atoms with van der Waals surface area (Å²) in [6, 6.07) is 7.15. The van der Waals surface area contributed by atoms with E-state index in [1.54, 1.807) is 12.1 Å². The highest BCUT2D eigenvalue weighted by Gasteiger charge is 2.42. The Balaban J connectivity index is 1.63. The van der Waals surface area contributed by atoms with E-state index in [1.165, 1.54) is 19.3 Å². The Morgan fingerprint density at radius 3 is 2.64 bits per heavy atom.